The van der Waals surface area contributed by atoms with Gasteiger partial charge in [-0.25, -0.2) is 4.79 Å². The summed E-state index contributed by atoms with van der Waals surface area (Å²) in [6.45, 7) is 3.30. The second-order valence-corrected chi connectivity index (χ2v) is 9.06. The molecule has 0 radical (unpaired) electrons. The predicted molar refractivity (Wildman–Crippen MR) is 135 cm³/mol. The first-order valence-corrected chi connectivity index (χ1v) is 12.1. The van der Waals surface area contributed by atoms with Crippen LogP contribution in [0.3, 0.4) is 0 Å². The zero-order chi connectivity index (χ0) is 25.5. The fourth-order valence-electron chi connectivity index (χ4n) is 3.17. The molecule has 3 rings (SSSR count). The summed E-state index contributed by atoms with van der Waals surface area (Å²) in [6.07, 6.45) is 1.52. The number of hydrogen-bond donors (Lipinski definition) is 1. The average Bonchev–Trinajstić information content (AvgIpc) is 3.10. The molecule has 2 aromatic rings. The van der Waals surface area contributed by atoms with Crippen molar-refractivity contribution >= 4 is 62.5 Å². The molecule has 9 nitrogen and oxygen atoms in total. The van der Waals surface area contributed by atoms with Gasteiger partial charge in [0.2, 0.25) is 0 Å². The number of methoxy groups -OCH3 is 1. The molecule has 1 heterocycles. The van der Waals surface area contributed by atoms with Gasteiger partial charge in [-0.1, -0.05) is 18.2 Å². The minimum absolute atomic E-state index is 0.149. The lowest BCUT2D eigenvalue weighted by Crippen LogP contribution is -2.42. The maximum absolute atomic E-state index is 12.8. The number of nitrogens with one attached hydrogen (secondary N) is 1. The quantitative estimate of drug-likeness (QED) is 0.352. The van der Waals surface area contributed by atoms with Gasteiger partial charge < -0.3 is 19.5 Å². The number of thioether (sulfide) groups is 1. The van der Waals surface area contributed by atoms with Crippen LogP contribution in [0.4, 0.5) is 10.5 Å². The van der Waals surface area contributed by atoms with Gasteiger partial charge in [-0.05, 0) is 77.4 Å². The van der Waals surface area contributed by atoms with E-state index < -0.39 is 23.2 Å². The Labute approximate surface area is 214 Å². The number of anilines is 1. The third kappa shape index (κ3) is 6.43. The molecular formula is C24H23BrN2O7S. The molecule has 2 aromatic carbocycles. The zero-order valence-corrected chi connectivity index (χ0v) is 21.6. The number of benzene rings is 2. The van der Waals surface area contributed by atoms with Gasteiger partial charge in [0, 0.05) is 5.69 Å². The van der Waals surface area contributed by atoms with Gasteiger partial charge in [0.15, 0.2) is 18.1 Å². The number of rotatable bonds is 9. The van der Waals surface area contributed by atoms with Crippen LogP contribution < -0.4 is 14.8 Å². The molecule has 184 valence electrons. The molecule has 1 saturated heterocycles. The van der Waals surface area contributed by atoms with Crippen LogP contribution in [0.15, 0.2) is 51.8 Å². The van der Waals surface area contributed by atoms with Gasteiger partial charge in [0.1, 0.15) is 6.04 Å². The summed E-state index contributed by atoms with van der Waals surface area (Å²) >= 11 is 4.16. The Morgan fingerprint density at radius 2 is 1.89 bits per heavy atom. The molecule has 0 spiro atoms. The first-order chi connectivity index (χ1) is 16.7. The van der Waals surface area contributed by atoms with E-state index in [9.17, 15) is 19.2 Å². The SMILES string of the molecule is CCOc1cc(/C=C2/SC(=O)N([C@@H](C)C(=O)OC)C2=O)cc(Br)c1OCC(=O)Nc1ccccc1. The molecule has 0 aliphatic carbocycles. The fourth-order valence-corrected chi connectivity index (χ4v) is 4.65. The first kappa shape index (κ1) is 26.3. The van der Waals surface area contributed by atoms with Crippen molar-refractivity contribution in [2.75, 3.05) is 25.6 Å². The van der Waals surface area contributed by atoms with Crippen LogP contribution >= 0.6 is 27.7 Å². The van der Waals surface area contributed by atoms with Crippen LogP contribution in [0, 0.1) is 0 Å². The van der Waals surface area contributed by atoms with E-state index in [4.69, 9.17) is 9.47 Å². The van der Waals surface area contributed by atoms with Crippen LogP contribution in [0.1, 0.15) is 19.4 Å². The molecule has 0 bridgehead atoms. The van der Waals surface area contributed by atoms with E-state index in [0.29, 0.717) is 33.8 Å². The maximum Gasteiger partial charge on any atom is 0.328 e. The van der Waals surface area contributed by atoms with Crippen molar-refractivity contribution in [1.29, 1.82) is 0 Å². The average molecular weight is 563 g/mol. The van der Waals surface area contributed by atoms with Crippen molar-refractivity contribution < 1.29 is 33.4 Å². The third-order valence-corrected chi connectivity index (χ3v) is 6.26. The number of amides is 3. The summed E-state index contributed by atoms with van der Waals surface area (Å²) < 4.78 is 16.5. The van der Waals surface area contributed by atoms with Crippen molar-refractivity contribution in [3.8, 4) is 11.5 Å². The summed E-state index contributed by atoms with van der Waals surface area (Å²) in [6, 6.07) is 11.3. The zero-order valence-electron chi connectivity index (χ0n) is 19.2. The molecular weight excluding hydrogens is 540 g/mol. The van der Waals surface area contributed by atoms with Gasteiger partial charge in [0.05, 0.1) is 23.1 Å². The Morgan fingerprint density at radius 3 is 2.54 bits per heavy atom. The highest BCUT2D eigenvalue weighted by atomic mass is 79.9. The molecule has 1 aliphatic heterocycles. The molecule has 0 unspecified atom stereocenters. The largest absolute Gasteiger partial charge is 0.490 e. The summed E-state index contributed by atoms with van der Waals surface area (Å²) in [5.74, 6) is -0.955. The summed E-state index contributed by atoms with van der Waals surface area (Å²) in [5.41, 5.74) is 1.20. The number of imide groups is 1. The van der Waals surface area contributed by atoms with Crippen LogP contribution in [-0.2, 0) is 19.1 Å². The van der Waals surface area contributed by atoms with Gasteiger partial charge in [-0.3, -0.25) is 19.3 Å². The fraction of sp³-hybridized carbons (Fsp3) is 0.250. The van der Waals surface area contributed by atoms with Crippen LogP contribution in [0.25, 0.3) is 6.08 Å². The summed E-state index contributed by atoms with van der Waals surface area (Å²) in [7, 11) is 1.19. The number of hydrogen-bond acceptors (Lipinski definition) is 8. The molecule has 35 heavy (non-hydrogen) atoms. The highest BCUT2D eigenvalue weighted by Gasteiger charge is 2.41. The number of esters is 1. The van der Waals surface area contributed by atoms with Gasteiger partial charge in [0.25, 0.3) is 17.1 Å². The smallest absolute Gasteiger partial charge is 0.328 e. The van der Waals surface area contributed by atoms with Crippen LogP contribution in [0.5, 0.6) is 11.5 Å². The number of nitrogens with zero attached hydrogens (tertiary/aromatic N) is 1. The number of para-hydroxylation sites is 1. The number of carbonyl (C=O) groups is 4. The standard InChI is InChI=1S/C24H23BrN2O7S/c1-4-33-18-11-15(12-19-22(29)27(24(31)35-19)14(2)23(30)32-3)10-17(25)21(18)34-13-20(28)26-16-8-6-5-7-9-16/h5-12,14H,4,13H2,1-3H3,(H,26,28)/b19-12+/t14-/m0/s1. The molecule has 1 N–H and O–H groups in total. The van der Waals surface area contributed by atoms with E-state index in [2.05, 4.69) is 26.0 Å². The minimum atomic E-state index is -1.04. The first-order valence-electron chi connectivity index (χ1n) is 10.5. The number of ether oxygens (including phenoxy) is 3. The van der Waals surface area contributed by atoms with E-state index in [1.54, 1.807) is 31.2 Å². The lowest BCUT2D eigenvalue weighted by atomic mass is 10.1. The highest BCUT2D eigenvalue weighted by molar-refractivity contribution is 9.10. The Bertz CT molecular complexity index is 1170. The van der Waals surface area contributed by atoms with E-state index in [-0.39, 0.29) is 17.4 Å². The molecule has 0 saturated carbocycles. The van der Waals surface area contributed by atoms with Crippen molar-refractivity contribution in [2.24, 2.45) is 0 Å². The Kier molecular flexibility index (Phi) is 8.94. The lowest BCUT2D eigenvalue weighted by Gasteiger charge is -2.18. The molecule has 11 heteroatoms. The third-order valence-electron chi connectivity index (χ3n) is 4.79. The summed E-state index contributed by atoms with van der Waals surface area (Å²) in [4.78, 5) is 50.2. The predicted octanol–water partition coefficient (Wildman–Crippen LogP) is 4.46. The van der Waals surface area contributed by atoms with Crippen molar-refractivity contribution in [2.45, 2.75) is 19.9 Å². The Morgan fingerprint density at radius 1 is 1.17 bits per heavy atom. The van der Waals surface area contributed by atoms with Crippen LogP contribution in [-0.4, -0.2) is 54.3 Å². The van der Waals surface area contributed by atoms with Crippen molar-refractivity contribution in [3.05, 3.63) is 57.4 Å². The van der Waals surface area contributed by atoms with Crippen LogP contribution in [0.2, 0.25) is 0 Å². The Hall–Kier alpha value is -3.31. The molecule has 1 fully saturated rings. The molecule has 3 amide bonds. The topological polar surface area (TPSA) is 111 Å². The number of carbonyl (C=O) groups excluding carboxylic acids is 4. The van der Waals surface area contributed by atoms with E-state index in [1.807, 2.05) is 18.2 Å². The van der Waals surface area contributed by atoms with Crippen molar-refractivity contribution in [1.82, 2.24) is 4.90 Å². The second-order valence-electron chi connectivity index (χ2n) is 7.22. The molecule has 1 aliphatic rings. The van der Waals surface area contributed by atoms with Gasteiger partial charge >= 0.3 is 5.97 Å². The van der Waals surface area contributed by atoms with E-state index in [0.717, 1.165) is 16.7 Å². The molecule has 1 atom stereocenters. The lowest BCUT2D eigenvalue weighted by molar-refractivity contribution is -0.148. The molecule has 0 aromatic heterocycles. The van der Waals surface area contributed by atoms with E-state index in [1.165, 1.54) is 20.1 Å². The normalized spacial score (nSPS) is 15.2. The summed E-state index contributed by atoms with van der Waals surface area (Å²) in [5, 5.41) is 2.18. The minimum Gasteiger partial charge on any atom is -0.490 e. The number of halogens is 1. The van der Waals surface area contributed by atoms with E-state index >= 15 is 0 Å². The van der Waals surface area contributed by atoms with Gasteiger partial charge in [-0.15, -0.1) is 0 Å². The van der Waals surface area contributed by atoms with Crippen molar-refractivity contribution in [3.63, 3.8) is 0 Å². The monoisotopic (exact) mass is 562 g/mol. The maximum atomic E-state index is 12.8. The highest BCUT2D eigenvalue weighted by Crippen LogP contribution is 2.39. The Balaban J connectivity index is 1.79. The van der Waals surface area contributed by atoms with Gasteiger partial charge in [-0.2, -0.15) is 0 Å². The second kappa shape index (κ2) is 11.9.